The van der Waals surface area contributed by atoms with Gasteiger partial charge in [0, 0.05) is 38.8 Å². The molecule has 7 heteroatoms. The Balaban J connectivity index is 2.03. The lowest BCUT2D eigenvalue weighted by molar-refractivity contribution is -0.142. The van der Waals surface area contributed by atoms with Crippen LogP contribution in [0.15, 0.2) is 18.2 Å². The Hall–Kier alpha value is -1.73. The second kappa shape index (κ2) is 8.39. The predicted octanol–water partition coefficient (Wildman–Crippen LogP) is 1.50. The van der Waals surface area contributed by atoms with Gasteiger partial charge in [-0.3, -0.25) is 9.69 Å². The van der Waals surface area contributed by atoms with E-state index in [9.17, 15) is 13.6 Å². The predicted molar refractivity (Wildman–Crippen MR) is 85.7 cm³/mol. The van der Waals surface area contributed by atoms with E-state index in [4.69, 9.17) is 9.84 Å². The zero-order chi connectivity index (χ0) is 17.7. The molecule has 2 rings (SSSR count). The average Bonchev–Trinajstić information content (AvgIpc) is 2.54. The summed E-state index contributed by atoms with van der Waals surface area (Å²) in [7, 11) is 0. The maximum Gasteiger partial charge on any atom is 0.264 e. The molecule has 0 aromatic heterocycles. The number of nitrogens with zero attached hydrogens (tertiary/aromatic N) is 2. The van der Waals surface area contributed by atoms with Gasteiger partial charge in [-0.15, -0.1) is 0 Å². The van der Waals surface area contributed by atoms with Gasteiger partial charge in [0.2, 0.25) is 0 Å². The molecule has 0 saturated carbocycles. The van der Waals surface area contributed by atoms with E-state index in [2.05, 4.69) is 4.90 Å². The summed E-state index contributed by atoms with van der Waals surface area (Å²) in [5.74, 6) is -1.98. The number of aliphatic hydroxyl groups excluding tert-OH is 1. The minimum Gasteiger partial charge on any atom is -0.477 e. The van der Waals surface area contributed by atoms with E-state index >= 15 is 0 Å². The number of amides is 1. The number of halogens is 2. The Labute approximate surface area is 140 Å². The molecular formula is C17H24F2N2O3. The van der Waals surface area contributed by atoms with Crippen molar-refractivity contribution in [1.29, 1.82) is 0 Å². The summed E-state index contributed by atoms with van der Waals surface area (Å²) >= 11 is 0. The van der Waals surface area contributed by atoms with Crippen molar-refractivity contribution in [3.8, 4) is 5.75 Å². The highest BCUT2D eigenvalue weighted by Gasteiger charge is 2.31. The first-order valence-electron chi connectivity index (χ1n) is 8.16. The number of aliphatic hydroxyl groups is 1. The summed E-state index contributed by atoms with van der Waals surface area (Å²) in [6.45, 7) is 6.78. The summed E-state index contributed by atoms with van der Waals surface area (Å²) in [5.41, 5.74) is 0. The molecule has 1 atom stereocenters. The number of carbonyl (C=O) groups is 1. The van der Waals surface area contributed by atoms with Crippen LogP contribution < -0.4 is 4.74 Å². The zero-order valence-corrected chi connectivity index (χ0v) is 14.0. The van der Waals surface area contributed by atoms with Crippen LogP contribution in [0.1, 0.15) is 13.8 Å². The number of hydrogen-bond acceptors (Lipinski definition) is 4. The van der Waals surface area contributed by atoms with Crippen LogP contribution in [0.5, 0.6) is 5.75 Å². The molecule has 1 heterocycles. The van der Waals surface area contributed by atoms with Crippen LogP contribution in [-0.4, -0.2) is 66.2 Å². The van der Waals surface area contributed by atoms with Gasteiger partial charge in [0.25, 0.3) is 5.91 Å². The first kappa shape index (κ1) is 18.6. The Morgan fingerprint density at radius 2 is 1.92 bits per heavy atom. The van der Waals surface area contributed by atoms with Gasteiger partial charge in [-0.25, -0.2) is 8.78 Å². The molecule has 1 aliphatic heterocycles. The first-order chi connectivity index (χ1) is 11.4. The number of rotatable bonds is 6. The molecule has 0 radical (unpaired) electrons. The fourth-order valence-corrected chi connectivity index (χ4v) is 2.69. The summed E-state index contributed by atoms with van der Waals surface area (Å²) < 4.78 is 32.4. The monoisotopic (exact) mass is 342 g/mol. The number of piperazine rings is 1. The summed E-state index contributed by atoms with van der Waals surface area (Å²) in [5, 5.41) is 8.96. The van der Waals surface area contributed by atoms with Crippen molar-refractivity contribution in [2.24, 2.45) is 5.92 Å². The van der Waals surface area contributed by atoms with Crippen LogP contribution in [-0.2, 0) is 4.79 Å². The Morgan fingerprint density at radius 3 is 2.46 bits per heavy atom. The lowest BCUT2D eigenvalue weighted by Gasteiger charge is -2.36. The molecule has 0 bridgehead atoms. The normalized spacial score (nSPS) is 17.2. The highest BCUT2D eigenvalue weighted by Crippen LogP contribution is 2.22. The molecule has 1 aromatic rings. The summed E-state index contributed by atoms with van der Waals surface area (Å²) in [6, 6.07) is 3.05. The van der Waals surface area contributed by atoms with Crippen molar-refractivity contribution in [3.05, 3.63) is 29.8 Å². The second-order valence-corrected chi connectivity index (χ2v) is 6.25. The van der Waals surface area contributed by atoms with Crippen molar-refractivity contribution in [1.82, 2.24) is 9.80 Å². The third-order valence-electron chi connectivity index (χ3n) is 4.10. The fraction of sp³-hybridized carbons (Fsp3) is 0.588. The van der Waals surface area contributed by atoms with Crippen LogP contribution >= 0.6 is 0 Å². The minimum absolute atomic E-state index is 0.0928. The molecule has 0 spiro atoms. The van der Waals surface area contributed by atoms with Gasteiger partial charge in [0.1, 0.15) is 5.82 Å². The zero-order valence-electron chi connectivity index (χ0n) is 14.0. The third kappa shape index (κ3) is 4.64. The van der Waals surface area contributed by atoms with E-state index in [-0.39, 0.29) is 24.2 Å². The number of β-amino-alcohol motifs (C(OH)–C–C–N with tert-alkyl or cyclic N) is 1. The van der Waals surface area contributed by atoms with Crippen LogP contribution in [0.25, 0.3) is 0 Å². The molecule has 1 fully saturated rings. The smallest absolute Gasteiger partial charge is 0.264 e. The van der Waals surface area contributed by atoms with E-state index in [1.807, 2.05) is 13.8 Å². The molecule has 1 aliphatic rings. The average molecular weight is 342 g/mol. The van der Waals surface area contributed by atoms with E-state index in [0.29, 0.717) is 32.7 Å². The molecule has 1 saturated heterocycles. The van der Waals surface area contributed by atoms with Crippen LogP contribution in [0, 0.1) is 17.6 Å². The number of carbonyl (C=O) groups excluding carboxylic acids is 1. The standard InChI is InChI=1S/C17H24F2N2O3/c1-12(2)16(24-15-4-3-13(18)11-14(15)19)17(23)21-7-5-20(6-8-21)9-10-22/h3-4,11-12,16,22H,5-10H2,1-2H3. The van der Waals surface area contributed by atoms with Gasteiger partial charge in [-0.2, -0.15) is 0 Å². The summed E-state index contributed by atoms with van der Waals surface area (Å²) in [6.07, 6.45) is -0.825. The molecule has 1 aromatic carbocycles. The van der Waals surface area contributed by atoms with E-state index in [0.717, 1.165) is 12.1 Å². The lowest BCUT2D eigenvalue weighted by Crippen LogP contribution is -2.53. The van der Waals surface area contributed by atoms with Gasteiger partial charge in [-0.1, -0.05) is 13.8 Å². The summed E-state index contributed by atoms with van der Waals surface area (Å²) in [4.78, 5) is 16.5. The highest BCUT2D eigenvalue weighted by atomic mass is 19.1. The molecule has 1 unspecified atom stereocenters. The van der Waals surface area contributed by atoms with Gasteiger partial charge in [-0.05, 0) is 18.1 Å². The fourth-order valence-electron chi connectivity index (χ4n) is 2.69. The van der Waals surface area contributed by atoms with E-state index in [1.54, 1.807) is 4.90 Å². The number of benzene rings is 1. The maximum absolute atomic E-state index is 13.8. The van der Waals surface area contributed by atoms with Crippen LogP contribution in [0.4, 0.5) is 8.78 Å². The molecule has 134 valence electrons. The lowest BCUT2D eigenvalue weighted by atomic mass is 10.1. The van der Waals surface area contributed by atoms with Gasteiger partial charge in [0.15, 0.2) is 17.7 Å². The molecule has 1 N–H and O–H groups in total. The number of hydrogen-bond donors (Lipinski definition) is 1. The van der Waals surface area contributed by atoms with Gasteiger partial charge >= 0.3 is 0 Å². The van der Waals surface area contributed by atoms with E-state index < -0.39 is 17.7 Å². The van der Waals surface area contributed by atoms with Gasteiger partial charge in [0.05, 0.1) is 6.61 Å². The van der Waals surface area contributed by atoms with Crippen LogP contribution in [0.2, 0.25) is 0 Å². The topological polar surface area (TPSA) is 53.0 Å². The molecule has 24 heavy (non-hydrogen) atoms. The molecule has 1 amide bonds. The van der Waals surface area contributed by atoms with Crippen molar-refractivity contribution in [3.63, 3.8) is 0 Å². The first-order valence-corrected chi connectivity index (χ1v) is 8.16. The third-order valence-corrected chi connectivity index (χ3v) is 4.10. The van der Waals surface area contributed by atoms with Crippen LogP contribution in [0.3, 0.4) is 0 Å². The van der Waals surface area contributed by atoms with Crippen molar-refractivity contribution in [2.45, 2.75) is 20.0 Å². The quantitative estimate of drug-likeness (QED) is 0.851. The number of ether oxygens (including phenoxy) is 1. The molecular weight excluding hydrogens is 318 g/mol. The Morgan fingerprint density at radius 1 is 1.25 bits per heavy atom. The van der Waals surface area contributed by atoms with Crippen molar-refractivity contribution in [2.75, 3.05) is 39.3 Å². The SMILES string of the molecule is CC(C)C(Oc1ccc(F)cc1F)C(=O)N1CCN(CCO)CC1. The Kier molecular flexibility index (Phi) is 6.51. The van der Waals surface area contributed by atoms with Gasteiger partial charge < -0.3 is 14.7 Å². The molecule has 0 aliphatic carbocycles. The van der Waals surface area contributed by atoms with Crippen molar-refractivity contribution >= 4 is 5.91 Å². The van der Waals surface area contributed by atoms with E-state index in [1.165, 1.54) is 6.07 Å². The highest BCUT2D eigenvalue weighted by molar-refractivity contribution is 5.81. The molecule has 5 nitrogen and oxygen atoms in total. The second-order valence-electron chi connectivity index (χ2n) is 6.25. The largest absolute Gasteiger partial charge is 0.477 e. The maximum atomic E-state index is 13.8. The minimum atomic E-state index is -0.825. The Bertz CT molecular complexity index is 561. The van der Waals surface area contributed by atoms with Crippen molar-refractivity contribution < 1.29 is 23.4 Å².